The molecule has 0 amide bonds. The predicted molar refractivity (Wildman–Crippen MR) is 93.6 cm³/mol. The third-order valence-corrected chi connectivity index (χ3v) is 5.21. The van der Waals surface area contributed by atoms with Gasteiger partial charge in [-0.15, -0.1) is 0 Å². The van der Waals surface area contributed by atoms with E-state index >= 15 is 0 Å². The third-order valence-electron chi connectivity index (χ3n) is 3.81. The zero-order valence-corrected chi connectivity index (χ0v) is 15.2. The monoisotopic (exact) mass is 368 g/mol. The molecule has 0 heterocycles. The van der Waals surface area contributed by atoms with Crippen LogP contribution in [0.15, 0.2) is 53.4 Å². The molecule has 0 spiro atoms. The van der Waals surface area contributed by atoms with E-state index in [2.05, 4.69) is 10.0 Å². The van der Waals surface area contributed by atoms with E-state index in [1.165, 1.54) is 0 Å². The van der Waals surface area contributed by atoms with Gasteiger partial charge in [0.05, 0.1) is 4.90 Å². The van der Waals surface area contributed by atoms with Crippen LogP contribution in [0.3, 0.4) is 0 Å². The maximum absolute atomic E-state index is 13.3. The Bertz CT molecular complexity index is 824. The zero-order chi connectivity index (χ0) is 18.7. The van der Waals surface area contributed by atoms with Crippen molar-refractivity contribution in [2.24, 2.45) is 0 Å². The molecule has 1 unspecified atom stereocenters. The van der Waals surface area contributed by atoms with Crippen LogP contribution in [0, 0.1) is 11.6 Å². The standard InChI is InChI=1S/C18H22F2N2O2S/c1-13(14-7-5-4-6-8-14)22-18(2,3)12-21-25(23,24)15-9-10-16(19)17(20)11-15/h4-11,13,21-22H,12H2,1-3H3. The Morgan fingerprint density at radius 2 is 1.68 bits per heavy atom. The lowest BCUT2D eigenvalue weighted by Crippen LogP contribution is -2.49. The number of nitrogens with one attached hydrogen (secondary N) is 2. The van der Waals surface area contributed by atoms with Crippen LogP contribution in [-0.2, 0) is 10.0 Å². The Hall–Kier alpha value is -1.83. The van der Waals surface area contributed by atoms with Crippen LogP contribution in [0.4, 0.5) is 8.78 Å². The molecule has 1 atom stereocenters. The number of benzene rings is 2. The van der Waals surface area contributed by atoms with Crippen molar-refractivity contribution in [1.29, 1.82) is 0 Å². The highest BCUT2D eigenvalue weighted by Gasteiger charge is 2.24. The summed E-state index contributed by atoms with van der Waals surface area (Å²) in [5.41, 5.74) is 0.528. The van der Waals surface area contributed by atoms with Gasteiger partial charge in [-0.3, -0.25) is 0 Å². The van der Waals surface area contributed by atoms with Gasteiger partial charge in [-0.25, -0.2) is 21.9 Å². The average Bonchev–Trinajstić information content (AvgIpc) is 2.56. The zero-order valence-electron chi connectivity index (χ0n) is 14.4. The van der Waals surface area contributed by atoms with Crippen molar-refractivity contribution in [3.63, 3.8) is 0 Å². The fourth-order valence-electron chi connectivity index (χ4n) is 2.46. The quantitative estimate of drug-likeness (QED) is 0.788. The second-order valence-electron chi connectivity index (χ2n) is 6.56. The van der Waals surface area contributed by atoms with Crippen molar-refractivity contribution in [3.05, 3.63) is 65.7 Å². The van der Waals surface area contributed by atoms with Crippen molar-refractivity contribution in [3.8, 4) is 0 Å². The van der Waals surface area contributed by atoms with Gasteiger partial charge in [0, 0.05) is 18.1 Å². The normalized spacial score (nSPS) is 13.6. The molecule has 0 aliphatic carbocycles. The Kier molecular flexibility index (Phi) is 5.92. The van der Waals surface area contributed by atoms with E-state index in [4.69, 9.17) is 0 Å². The molecule has 0 bridgehead atoms. The summed E-state index contributed by atoms with van der Waals surface area (Å²) in [7, 11) is -3.93. The first-order valence-electron chi connectivity index (χ1n) is 7.88. The molecule has 0 aliphatic rings. The van der Waals surface area contributed by atoms with Crippen LogP contribution in [0.25, 0.3) is 0 Å². The van der Waals surface area contributed by atoms with Crippen molar-refractivity contribution in [2.75, 3.05) is 6.54 Å². The lowest BCUT2D eigenvalue weighted by molar-refractivity contribution is 0.346. The molecule has 0 aliphatic heterocycles. The first-order valence-corrected chi connectivity index (χ1v) is 9.36. The van der Waals surface area contributed by atoms with E-state index in [0.29, 0.717) is 6.07 Å². The molecule has 0 saturated heterocycles. The number of sulfonamides is 1. The summed E-state index contributed by atoms with van der Waals surface area (Å²) in [6.07, 6.45) is 0. The van der Waals surface area contributed by atoms with Gasteiger partial charge in [0.2, 0.25) is 10.0 Å². The summed E-state index contributed by atoms with van der Waals surface area (Å²) in [5, 5.41) is 3.36. The molecule has 2 rings (SSSR count). The first kappa shape index (κ1) is 19.5. The minimum absolute atomic E-state index is 0.0176. The highest BCUT2D eigenvalue weighted by atomic mass is 32.2. The van der Waals surface area contributed by atoms with Crippen molar-refractivity contribution in [2.45, 2.75) is 37.2 Å². The highest BCUT2D eigenvalue weighted by molar-refractivity contribution is 7.89. The summed E-state index contributed by atoms with van der Waals surface area (Å²) in [4.78, 5) is -0.307. The molecule has 136 valence electrons. The Balaban J connectivity index is 2.03. The molecular weight excluding hydrogens is 346 g/mol. The minimum atomic E-state index is -3.93. The molecule has 2 aromatic rings. The summed E-state index contributed by atoms with van der Waals surface area (Å²) in [5.74, 6) is -2.28. The summed E-state index contributed by atoms with van der Waals surface area (Å²) < 4.78 is 53.2. The van der Waals surface area contributed by atoms with Crippen LogP contribution in [0.5, 0.6) is 0 Å². The SMILES string of the molecule is CC(NC(C)(C)CNS(=O)(=O)c1ccc(F)c(F)c1)c1ccccc1. The Morgan fingerprint density at radius 1 is 1.04 bits per heavy atom. The van der Waals surface area contributed by atoms with Gasteiger partial charge >= 0.3 is 0 Å². The average molecular weight is 368 g/mol. The van der Waals surface area contributed by atoms with Crippen LogP contribution in [0.2, 0.25) is 0 Å². The molecule has 0 aromatic heterocycles. The maximum atomic E-state index is 13.3. The van der Waals surface area contributed by atoms with Crippen molar-refractivity contribution < 1.29 is 17.2 Å². The number of hydrogen-bond acceptors (Lipinski definition) is 3. The van der Waals surface area contributed by atoms with Crippen molar-refractivity contribution in [1.82, 2.24) is 10.0 Å². The second kappa shape index (κ2) is 7.59. The first-order chi connectivity index (χ1) is 11.6. The molecular formula is C18H22F2N2O2S. The molecule has 0 saturated carbocycles. The van der Waals surface area contributed by atoms with Gasteiger partial charge < -0.3 is 5.32 Å². The third kappa shape index (κ3) is 5.32. The fourth-order valence-corrected chi connectivity index (χ4v) is 3.69. The predicted octanol–water partition coefficient (Wildman–Crippen LogP) is 3.37. The van der Waals surface area contributed by atoms with Gasteiger partial charge in [0.15, 0.2) is 11.6 Å². The number of halogens is 2. The Morgan fingerprint density at radius 3 is 2.28 bits per heavy atom. The number of rotatable bonds is 7. The van der Waals surface area contributed by atoms with E-state index in [9.17, 15) is 17.2 Å². The Labute approximate surface area is 147 Å². The molecule has 4 nitrogen and oxygen atoms in total. The van der Waals surface area contributed by atoms with Gasteiger partial charge in [0.25, 0.3) is 0 Å². The lowest BCUT2D eigenvalue weighted by atomic mass is 10.0. The molecule has 7 heteroatoms. The summed E-state index contributed by atoms with van der Waals surface area (Å²) in [6.45, 7) is 5.80. The van der Waals surface area contributed by atoms with E-state index in [-0.39, 0.29) is 17.5 Å². The minimum Gasteiger partial charge on any atom is -0.304 e. The maximum Gasteiger partial charge on any atom is 0.240 e. The van der Waals surface area contributed by atoms with E-state index in [1.807, 2.05) is 51.1 Å². The molecule has 0 radical (unpaired) electrons. The summed E-state index contributed by atoms with van der Waals surface area (Å²) in [6, 6.07) is 12.3. The molecule has 2 aromatic carbocycles. The van der Waals surface area contributed by atoms with E-state index in [1.54, 1.807) is 0 Å². The van der Waals surface area contributed by atoms with Gasteiger partial charge in [-0.1, -0.05) is 30.3 Å². The fraction of sp³-hybridized carbons (Fsp3) is 0.333. The van der Waals surface area contributed by atoms with Gasteiger partial charge in [0.1, 0.15) is 0 Å². The molecule has 0 fully saturated rings. The van der Waals surface area contributed by atoms with Gasteiger partial charge in [-0.05, 0) is 44.5 Å². The van der Waals surface area contributed by atoms with Crippen molar-refractivity contribution >= 4 is 10.0 Å². The summed E-state index contributed by atoms with van der Waals surface area (Å²) >= 11 is 0. The molecule has 2 N–H and O–H groups in total. The van der Waals surface area contributed by atoms with Gasteiger partial charge in [-0.2, -0.15) is 0 Å². The van der Waals surface area contributed by atoms with Crippen LogP contribution < -0.4 is 10.0 Å². The topological polar surface area (TPSA) is 58.2 Å². The van der Waals surface area contributed by atoms with Crippen LogP contribution in [-0.4, -0.2) is 20.5 Å². The van der Waals surface area contributed by atoms with Crippen LogP contribution >= 0.6 is 0 Å². The largest absolute Gasteiger partial charge is 0.304 e. The second-order valence-corrected chi connectivity index (χ2v) is 8.33. The van der Waals surface area contributed by atoms with Crippen LogP contribution in [0.1, 0.15) is 32.4 Å². The number of hydrogen-bond donors (Lipinski definition) is 2. The molecule has 25 heavy (non-hydrogen) atoms. The smallest absolute Gasteiger partial charge is 0.240 e. The lowest BCUT2D eigenvalue weighted by Gasteiger charge is -2.30. The highest BCUT2D eigenvalue weighted by Crippen LogP contribution is 2.17. The van der Waals surface area contributed by atoms with E-state index < -0.39 is 27.2 Å². The van der Waals surface area contributed by atoms with E-state index in [0.717, 1.165) is 17.7 Å².